The second-order valence-electron chi connectivity index (χ2n) is 9.80. The Labute approximate surface area is 217 Å². The van der Waals surface area contributed by atoms with E-state index in [9.17, 15) is 4.79 Å². The van der Waals surface area contributed by atoms with Crippen molar-refractivity contribution < 1.29 is 9.63 Å². The molecule has 5 heteroatoms. The maximum absolute atomic E-state index is 12.3. The minimum Gasteiger partial charge on any atom is -0.368 e. The topological polar surface area (TPSA) is 32.8 Å². The first-order chi connectivity index (χ1) is 17.1. The Kier molecular flexibility index (Phi) is 12.0. The molecule has 192 valence electrons. The van der Waals surface area contributed by atoms with Gasteiger partial charge in [-0.15, -0.1) is 5.06 Å². The summed E-state index contributed by atoms with van der Waals surface area (Å²) >= 11 is 1.83. The quantitative estimate of drug-likeness (QED) is 0.248. The molecule has 1 aliphatic rings. The second kappa shape index (κ2) is 15.2. The standard InChI is InChI=1S/C30H44N2O2S/c1-4-5-6-7-8-9-10-11-12-17-30(33)34-32-22-20-31(21-23-32)27-15-13-14-16-29(27)35-28-19-18-25(2)24-26(28)3/h13-16,18-19,24H,4-12,17,20-23H2,1-3H3. The molecular formula is C30H44N2O2S. The van der Waals surface area contributed by atoms with Crippen LogP contribution in [0.1, 0.15) is 82.3 Å². The number of para-hydroxylation sites is 1. The summed E-state index contributed by atoms with van der Waals surface area (Å²) < 4.78 is 0. The van der Waals surface area contributed by atoms with Gasteiger partial charge >= 0.3 is 5.97 Å². The molecule has 0 radical (unpaired) electrons. The highest BCUT2D eigenvalue weighted by atomic mass is 32.2. The first-order valence-corrected chi connectivity index (χ1v) is 14.4. The van der Waals surface area contributed by atoms with E-state index in [-0.39, 0.29) is 5.97 Å². The van der Waals surface area contributed by atoms with Gasteiger partial charge in [-0.3, -0.25) is 4.79 Å². The maximum Gasteiger partial charge on any atom is 0.325 e. The zero-order valence-electron chi connectivity index (χ0n) is 22.1. The average molecular weight is 497 g/mol. The van der Waals surface area contributed by atoms with E-state index >= 15 is 0 Å². The fourth-order valence-electron chi connectivity index (χ4n) is 4.63. The van der Waals surface area contributed by atoms with Crippen LogP contribution in [0.5, 0.6) is 0 Å². The highest BCUT2D eigenvalue weighted by Gasteiger charge is 2.22. The minimum atomic E-state index is -0.0767. The number of rotatable bonds is 14. The number of anilines is 1. The van der Waals surface area contributed by atoms with E-state index in [0.29, 0.717) is 6.42 Å². The lowest BCUT2D eigenvalue weighted by Crippen LogP contribution is -2.47. The first kappa shape index (κ1) is 27.6. The van der Waals surface area contributed by atoms with E-state index in [1.807, 2.05) is 16.8 Å². The van der Waals surface area contributed by atoms with Crippen molar-refractivity contribution in [2.75, 3.05) is 31.1 Å². The van der Waals surface area contributed by atoms with E-state index in [1.165, 1.54) is 71.6 Å². The van der Waals surface area contributed by atoms with E-state index in [1.54, 1.807) is 0 Å². The van der Waals surface area contributed by atoms with Crippen LogP contribution in [0, 0.1) is 13.8 Å². The molecule has 2 aromatic carbocycles. The van der Waals surface area contributed by atoms with Gasteiger partial charge in [-0.25, -0.2) is 0 Å². The Balaban J connectivity index is 1.37. The number of carbonyl (C=O) groups is 1. The molecule has 0 atom stereocenters. The van der Waals surface area contributed by atoms with Crippen LogP contribution in [-0.4, -0.2) is 37.2 Å². The minimum absolute atomic E-state index is 0.0767. The van der Waals surface area contributed by atoms with Crippen LogP contribution >= 0.6 is 11.8 Å². The summed E-state index contributed by atoms with van der Waals surface area (Å²) in [6.45, 7) is 9.77. The first-order valence-electron chi connectivity index (χ1n) is 13.6. The van der Waals surface area contributed by atoms with Gasteiger partial charge in [-0.05, 0) is 44.0 Å². The molecule has 0 saturated carbocycles. The van der Waals surface area contributed by atoms with Gasteiger partial charge in [-0.2, -0.15) is 0 Å². The number of hydrogen-bond donors (Lipinski definition) is 0. The Bertz CT molecular complexity index is 909. The number of benzene rings is 2. The van der Waals surface area contributed by atoms with Gasteiger partial charge in [-0.1, -0.05) is 99.9 Å². The summed E-state index contributed by atoms with van der Waals surface area (Å²) in [4.78, 5) is 23.0. The van der Waals surface area contributed by atoms with E-state index < -0.39 is 0 Å². The third-order valence-electron chi connectivity index (χ3n) is 6.71. The van der Waals surface area contributed by atoms with Crippen molar-refractivity contribution >= 4 is 23.4 Å². The second-order valence-corrected chi connectivity index (χ2v) is 10.9. The molecule has 0 spiro atoms. The van der Waals surface area contributed by atoms with Crippen LogP contribution in [0.2, 0.25) is 0 Å². The summed E-state index contributed by atoms with van der Waals surface area (Å²) in [5, 5.41) is 1.85. The SMILES string of the molecule is CCCCCCCCCCCC(=O)ON1CCN(c2ccccc2Sc2ccc(C)cc2C)CC1. The number of hydrogen-bond acceptors (Lipinski definition) is 5. The predicted molar refractivity (Wildman–Crippen MR) is 148 cm³/mol. The molecule has 1 saturated heterocycles. The summed E-state index contributed by atoms with van der Waals surface area (Å²) in [5.41, 5.74) is 3.87. The smallest absolute Gasteiger partial charge is 0.325 e. The van der Waals surface area contributed by atoms with Crippen molar-refractivity contribution in [1.29, 1.82) is 0 Å². The lowest BCUT2D eigenvalue weighted by atomic mass is 10.1. The Morgan fingerprint density at radius 2 is 1.49 bits per heavy atom. The van der Waals surface area contributed by atoms with Crippen LogP contribution in [0.3, 0.4) is 0 Å². The molecule has 0 aliphatic carbocycles. The molecule has 0 aromatic heterocycles. The lowest BCUT2D eigenvalue weighted by Gasteiger charge is -2.35. The van der Waals surface area contributed by atoms with Crippen LogP contribution in [0.25, 0.3) is 0 Å². The molecule has 1 fully saturated rings. The van der Waals surface area contributed by atoms with Crippen LogP contribution in [0.15, 0.2) is 52.3 Å². The Morgan fingerprint density at radius 3 is 2.17 bits per heavy atom. The van der Waals surface area contributed by atoms with Gasteiger partial charge < -0.3 is 9.74 Å². The monoisotopic (exact) mass is 496 g/mol. The Morgan fingerprint density at radius 1 is 0.829 bits per heavy atom. The fourth-order valence-corrected chi connectivity index (χ4v) is 5.67. The highest BCUT2D eigenvalue weighted by Crippen LogP contribution is 2.37. The molecule has 4 nitrogen and oxygen atoms in total. The van der Waals surface area contributed by atoms with Crippen molar-refractivity contribution in [2.45, 2.75) is 94.8 Å². The lowest BCUT2D eigenvalue weighted by molar-refractivity contribution is -0.191. The number of piperazine rings is 1. The van der Waals surface area contributed by atoms with E-state index in [2.05, 4.69) is 68.1 Å². The number of hydroxylamine groups is 2. The summed E-state index contributed by atoms with van der Waals surface area (Å²) in [6.07, 6.45) is 11.9. The summed E-state index contributed by atoms with van der Waals surface area (Å²) in [7, 11) is 0. The predicted octanol–water partition coefficient (Wildman–Crippen LogP) is 7.96. The van der Waals surface area contributed by atoms with Crippen molar-refractivity contribution in [3.8, 4) is 0 Å². The number of unbranched alkanes of at least 4 members (excludes halogenated alkanes) is 8. The van der Waals surface area contributed by atoms with Gasteiger partial charge in [0.2, 0.25) is 0 Å². The number of nitrogens with zero attached hydrogens (tertiary/aromatic N) is 2. The van der Waals surface area contributed by atoms with Crippen molar-refractivity contribution in [1.82, 2.24) is 5.06 Å². The molecule has 0 amide bonds. The van der Waals surface area contributed by atoms with Crippen LogP contribution in [-0.2, 0) is 9.63 Å². The summed E-state index contributed by atoms with van der Waals surface area (Å²) in [5.74, 6) is -0.0767. The van der Waals surface area contributed by atoms with Gasteiger partial charge in [0.15, 0.2) is 0 Å². The van der Waals surface area contributed by atoms with E-state index in [0.717, 1.165) is 39.0 Å². The van der Waals surface area contributed by atoms with Gasteiger partial charge in [0.25, 0.3) is 0 Å². The molecule has 0 N–H and O–H groups in total. The van der Waals surface area contributed by atoms with E-state index in [4.69, 9.17) is 4.84 Å². The Hall–Kier alpha value is -1.98. The molecule has 1 heterocycles. The van der Waals surface area contributed by atoms with Gasteiger partial charge in [0.1, 0.15) is 0 Å². The third kappa shape index (κ3) is 9.53. The molecule has 3 rings (SSSR count). The molecule has 0 bridgehead atoms. The van der Waals surface area contributed by atoms with Crippen molar-refractivity contribution in [3.63, 3.8) is 0 Å². The maximum atomic E-state index is 12.3. The third-order valence-corrected chi connectivity index (χ3v) is 7.95. The summed E-state index contributed by atoms with van der Waals surface area (Å²) in [6, 6.07) is 15.3. The molecule has 1 aliphatic heterocycles. The molecular weight excluding hydrogens is 452 g/mol. The number of aryl methyl sites for hydroxylation is 2. The number of carbonyl (C=O) groups excluding carboxylic acids is 1. The van der Waals surface area contributed by atoms with Gasteiger partial charge in [0, 0.05) is 29.3 Å². The highest BCUT2D eigenvalue weighted by molar-refractivity contribution is 7.99. The largest absolute Gasteiger partial charge is 0.368 e. The molecule has 0 unspecified atom stereocenters. The van der Waals surface area contributed by atoms with Gasteiger partial charge in [0.05, 0.1) is 18.8 Å². The van der Waals surface area contributed by atoms with Crippen molar-refractivity contribution in [2.24, 2.45) is 0 Å². The fraction of sp³-hybridized carbons (Fsp3) is 0.567. The normalized spacial score (nSPS) is 14.3. The molecule has 2 aromatic rings. The van der Waals surface area contributed by atoms with Crippen LogP contribution in [0.4, 0.5) is 5.69 Å². The molecule has 35 heavy (non-hydrogen) atoms. The zero-order chi connectivity index (χ0) is 24.9. The zero-order valence-corrected chi connectivity index (χ0v) is 22.9. The van der Waals surface area contributed by atoms with Crippen molar-refractivity contribution in [3.05, 3.63) is 53.6 Å². The average Bonchev–Trinajstić information content (AvgIpc) is 2.85. The van der Waals surface area contributed by atoms with Crippen LogP contribution < -0.4 is 4.90 Å².